The van der Waals surface area contributed by atoms with Gasteiger partial charge in [-0.1, -0.05) is 35.9 Å². The predicted octanol–water partition coefficient (Wildman–Crippen LogP) is 2.87. The van der Waals surface area contributed by atoms with Gasteiger partial charge in [0.1, 0.15) is 6.61 Å². The quantitative estimate of drug-likeness (QED) is 0.640. The van der Waals surface area contributed by atoms with E-state index in [0.29, 0.717) is 0 Å². The van der Waals surface area contributed by atoms with Crippen molar-refractivity contribution in [2.45, 2.75) is 6.42 Å². The Morgan fingerprint density at radius 1 is 1.17 bits per heavy atom. The molecular weight excluding hydrogens is 172 g/mol. The molecule has 1 nitrogen and oxygen atoms in total. The lowest BCUT2D eigenvalue weighted by molar-refractivity contribution is 0.232. The number of rotatable bonds is 3. The Morgan fingerprint density at radius 2 is 1.83 bits per heavy atom. The average Bonchev–Trinajstić information content (AvgIpc) is 2.09. The molecule has 0 spiro atoms. The molecular formula is C10H10ClO. The van der Waals surface area contributed by atoms with Crippen molar-refractivity contribution >= 4 is 11.6 Å². The highest BCUT2D eigenvalue weighted by Crippen LogP contribution is 2.09. The average molecular weight is 182 g/mol. The Hall–Kier alpha value is -0.790. The van der Waals surface area contributed by atoms with Crippen LogP contribution in [0.2, 0.25) is 5.02 Å². The minimum atomic E-state index is -0.145. The Balaban J connectivity index is 2.53. The highest BCUT2D eigenvalue weighted by atomic mass is 35.5. The maximum atomic E-state index is 10.1. The molecule has 2 heteroatoms. The number of benzene rings is 1. The molecule has 63 valence electrons. The lowest BCUT2D eigenvalue weighted by atomic mass is 10.1. The Kier molecular flexibility index (Phi) is 3.85. The number of allylic oxidation sites excluding steroid dienone is 1. The van der Waals surface area contributed by atoms with E-state index in [1.165, 1.54) is 5.56 Å². The fourth-order valence-electron chi connectivity index (χ4n) is 0.908. The highest BCUT2D eigenvalue weighted by molar-refractivity contribution is 6.30. The van der Waals surface area contributed by atoms with Crippen LogP contribution >= 0.6 is 11.6 Å². The monoisotopic (exact) mass is 181 g/mol. The van der Waals surface area contributed by atoms with Crippen LogP contribution in [0.4, 0.5) is 0 Å². The van der Waals surface area contributed by atoms with Crippen molar-refractivity contribution in [3.8, 4) is 0 Å². The maximum Gasteiger partial charge on any atom is 0.100 e. The van der Waals surface area contributed by atoms with Crippen molar-refractivity contribution in [1.82, 2.24) is 0 Å². The Morgan fingerprint density at radius 3 is 2.42 bits per heavy atom. The molecule has 0 aliphatic carbocycles. The molecule has 0 aromatic heterocycles. The van der Waals surface area contributed by atoms with E-state index in [2.05, 4.69) is 0 Å². The first-order chi connectivity index (χ1) is 5.83. The highest BCUT2D eigenvalue weighted by Gasteiger charge is 1.88. The van der Waals surface area contributed by atoms with Crippen LogP contribution in [0.25, 0.3) is 0 Å². The minimum Gasteiger partial charge on any atom is -0.232 e. The van der Waals surface area contributed by atoms with Crippen LogP contribution in [0.3, 0.4) is 0 Å². The van der Waals surface area contributed by atoms with Crippen molar-refractivity contribution in [2.75, 3.05) is 6.61 Å². The van der Waals surface area contributed by atoms with E-state index in [-0.39, 0.29) is 6.61 Å². The standard InChI is InChI=1S/C10H10ClO/c11-10-6-4-9(5-7-10)3-1-2-8-12/h1-2,4-7H,3,8H2. The van der Waals surface area contributed by atoms with Gasteiger partial charge in [-0.15, -0.1) is 0 Å². The van der Waals surface area contributed by atoms with Crippen LogP contribution < -0.4 is 0 Å². The van der Waals surface area contributed by atoms with Gasteiger partial charge < -0.3 is 0 Å². The van der Waals surface area contributed by atoms with Crippen molar-refractivity contribution in [2.24, 2.45) is 0 Å². The first-order valence-corrected chi connectivity index (χ1v) is 4.18. The second-order valence-electron chi connectivity index (χ2n) is 2.47. The summed E-state index contributed by atoms with van der Waals surface area (Å²) in [5.41, 5.74) is 1.17. The fraction of sp³-hybridized carbons (Fsp3) is 0.200. The van der Waals surface area contributed by atoms with Crippen LogP contribution in [-0.2, 0) is 11.5 Å². The van der Waals surface area contributed by atoms with E-state index in [0.717, 1.165) is 11.4 Å². The van der Waals surface area contributed by atoms with Crippen molar-refractivity contribution < 1.29 is 5.11 Å². The lowest BCUT2D eigenvalue weighted by Gasteiger charge is -1.95. The summed E-state index contributed by atoms with van der Waals surface area (Å²) in [5, 5.41) is 10.8. The first-order valence-electron chi connectivity index (χ1n) is 3.80. The minimum absolute atomic E-state index is 0.145. The molecule has 0 aliphatic rings. The topological polar surface area (TPSA) is 19.9 Å². The van der Waals surface area contributed by atoms with Crippen LogP contribution in [0.1, 0.15) is 5.56 Å². The summed E-state index contributed by atoms with van der Waals surface area (Å²) in [5.74, 6) is 0. The Bertz CT molecular complexity index is 251. The van der Waals surface area contributed by atoms with E-state index in [1.807, 2.05) is 30.3 Å². The molecule has 1 radical (unpaired) electrons. The lowest BCUT2D eigenvalue weighted by Crippen LogP contribution is -1.80. The fourth-order valence-corrected chi connectivity index (χ4v) is 1.03. The summed E-state index contributed by atoms with van der Waals surface area (Å²) >= 11 is 5.70. The summed E-state index contributed by atoms with van der Waals surface area (Å²) in [6.45, 7) is -0.145. The van der Waals surface area contributed by atoms with Crippen LogP contribution in [0.15, 0.2) is 36.4 Å². The Labute approximate surface area is 77.3 Å². The summed E-state index contributed by atoms with van der Waals surface area (Å²) in [7, 11) is 0. The third-order valence-corrected chi connectivity index (χ3v) is 1.78. The van der Waals surface area contributed by atoms with Gasteiger partial charge in [0.15, 0.2) is 0 Å². The van der Waals surface area contributed by atoms with Crippen LogP contribution in [0.5, 0.6) is 0 Å². The van der Waals surface area contributed by atoms with Crippen molar-refractivity contribution in [1.29, 1.82) is 0 Å². The smallest absolute Gasteiger partial charge is 0.100 e. The predicted molar refractivity (Wildman–Crippen MR) is 49.8 cm³/mol. The van der Waals surface area contributed by atoms with Crippen LogP contribution in [0, 0.1) is 0 Å². The molecule has 0 N–H and O–H groups in total. The number of hydrogen-bond donors (Lipinski definition) is 0. The van der Waals surface area contributed by atoms with E-state index < -0.39 is 0 Å². The van der Waals surface area contributed by atoms with Gasteiger partial charge in [-0.2, -0.15) is 0 Å². The molecule has 12 heavy (non-hydrogen) atoms. The van der Waals surface area contributed by atoms with Gasteiger partial charge in [0.2, 0.25) is 0 Å². The van der Waals surface area contributed by atoms with Gasteiger partial charge >= 0.3 is 0 Å². The van der Waals surface area contributed by atoms with Crippen molar-refractivity contribution in [3.05, 3.63) is 47.0 Å². The van der Waals surface area contributed by atoms with Gasteiger partial charge in [-0.05, 0) is 24.1 Å². The van der Waals surface area contributed by atoms with Gasteiger partial charge in [-0.25, -0.2) is 5.11 Å². The summed E-state index contributed by atoms with van der Waals surface area (Å²) < 4.78 is 0. The zero-order valence-corrected chi connectivity index (χ0v) is 7.42. The van der Waals surface area contributed by atoms with Crippen molar-refractivity contribution in [3.63, 3.8) is 0 Å². The third-order valence-electron chi connectivity index (χ3n) is 1.53. The van der Waals surface area contributed by atoms with E-state index in [1.54, 1.807) is 6.08 Å². The second kappa shape index (κ2) is 4.96. The molecule has 1 rings (SSSR count). The normalized spacial score (nSPS) is 10.8. The zero-order chi connectivity index (χ0) is 8.81. The van der Waals surface area contributed by atoms with Crippen LogP contribution in [-0.4, -0.2) is 6.61 Å². The first kappa shape index (κ1) is 9.30. The summed E-state index contributed by atoms with van der Waals surface area (Å²) in [4.78, 5) is 0. The molecule has 0 amide bonds. The second-order valence-corrected chi connectivity index (χ2v) is 2.91. The maximum absolute atomic E-state index is 10.1. The summed E-state index contributed by atoms with van der Waals surface area (Å²) in [6.07, 6.45) is 4.30. The van der Waals surface area contributed by atoms with E-state index >= 15 is 0 Å². The van der Waals surface area contributed by atoms with Gasteiger partial charge in [0.05, 0.1) is 0 Å². The zero-order valence-electron chi connectivity index (χ0n) is 6.66. The molecule has 0 fully saturated rings. The third kappa shape index (κ3) is 3.07. The molecule has 0 heterocycles. The largest absolute Gasteiger partial charge is 0.232 e. The molecule has 0 saturated heterocycles. The van der Waals surface area contributed by atoms with E-state index in [9.17, 15) is 5.11 Å². The molecule has 0 saturated carbocycles. The van der Waals surface area contributed by atoms with E-state index in [4.69, 9.17) is 11.6 Å². The molecule has 0 atom stereocenters. The molecule has 0 unspecified atom stereocenters. The SMILES string of the molecule is [O]CC=CCc1ccc(Cl)cc1. The van der Waals surface area contributed by atoms with Gasteiger partial charge in [0, 0.05) is 5.02 Å². The molecule has 0 bridgehead atoms. The molecule has 1 aromatic rings. The number of halogens is 1. The van der Waals surface area contributed by atoms with Gasteiger partial charge in [0.25, 0.3) is 0 Å². The molecule has 0 aliphatic heterocycles. The number of hydrogen-bond acceptors (Lipinski definition) is 0. The van der Waals surface area contributed by atoms with Gasteiger partial charge in [-0.3, -0.25) is 0 Å². The molecule has 1 aromatic carbocycles. The summed E-state index contributed by atoms with van der Waals surface area (Å²) in [6, 6.07) is 7.61.